The summed E-state index contributed by atoms with van der Waals surface area (Å²) in [4.78, 5) is 24.2. The third-order valence-electron chi connectivity index (χ3n) is 7.35. The number of aromatic nitrogens is 3. The first kappa shape index (κ1) is 22.3. The molecule has 178 valence electrons. The summed E-state index contributed by atoms with van der Waals surface area (Å²) in [6.07, 6.45) is 4.81. The lowest BCUT2D eigenvalue weighted by molar-refractivity contribution is -0.131. The van der Waals surface area contributed by atoms with Crippen molar-refractivity contribution in [1.29, 1.82) is 0 Å². The van der Waals surface area contributed by atoms with Gasteiger partial charge in [0.2, 0.25) is 5.91 Å². The van der Waals surface area contributed by atoms with E-state index >= 15 is 0 Å². The highest BCUT2D eigenvalue weighted by molar-refractivity contribution is 6.31. The van der Waals surface area contributed by atoms with Gasteiger partial charge in [-0.25, -0.2) is 9.97 Å². The lowest BCUT2D eigenvalue weighted by Gasteiger charge is -2.17. The van der Waals surface area contributed by atoms with Crippen LogP contribution >= 0.6 is 11.6 Å². The Kier molecular flexibility index (Phi) is 5.60. The number of hydrogen-bond donors (Lipinski definition) is 0. The quantitative estimate of drug-likeness (QED) is 0.334. The summed E-state index contributed by atoms with van der Waals surface area (Å²) in [5.41, 5.74) is 7.68. The van der Waals surface area contributed by atoms with Crippen LogP contribution in [0, 0.1) is 25.7 Å². The van der Waals surface area contributed by atoms with Crippen molar-refractivity contribution in [2.75, 3.05) is 13.1 Å². The van der Waals surface area contributed by atoms with Crippen LogP contribution < -0.4 is 0 Å². The molecule has 0 bridgehead atoms. The molecule has 1 unspecified atom stereocenters. The predicted molar refractivity (Wildman–Crippen MR) is 140 cm³/mol. The smallest absolute Gasteiger partial charge is 0.225 e. The molecular formula is C29H29ClN4O. The predicted octanol–water partition coefficient (Wildman–Crippen LogP) is 6.29. The van der Waals surface area contributed by atoms with E-state index in [0.29, 0.717) is 16.8 Å². The third kappa shape index (κ3) is 4.34. The Labute approximate surface area is 210 Å². The van der Waals surface area contributed by atoms with Crippen LogP contribution in [0.15, 0.2) is 54.7 Å². The van der Waals surface area contributed by atoms with Crippen molar-refractivity contribution in [1.82, 2.24) is 19.4 Å². The van der Waals surface area contributed by atoms with Crippen molar-refractivity contribution in [2.24, 2.45) is 11.8 Å². The van der Waals surface area contributed by atoms with Gasteiger partial charge in [-0.1, -0.05) is 59.6 Å². The minimum atomic E-state index is 0.276. The van der Waals surface area contributed by atoms with E-state index in [9.17, 15) is 4.79 Å². The monoisotopic (exact) mass is 484 g/mol. The summed E-state index contributed by atoms with van der Waals surface area (Å²) in [5.74, 6) is 1.91. The minimum Gasteiger partial charge on any atom is -0.342 e. The highest BCUT2D eigenvalue weighted by atomic mass is 35.5. The molecule has 1 saturated carbocycles. The second-order valence-corrected chi connectivity index (χ2v) is 10.6. The van der Waals surface area contributed by atoms with E-state index < -0.39 is 0 Å². The van der Waals surface area contributed by atoms with Crippen molar-refractivity contribution in [3.05, 3.63) is 70.9 Å². The highest BCUT2D eigenvalue weighted by Gasteiger charge is 2.36. The molecule has 4 aromatic rings. The van der Waals surface area contributed by atoms with E-state index in [4.69, 9.17) is 16.6 Å². The van der Waals surface area contributed by atoms with E-state index in [1.54, 1.807) is 6.20 Å². The lowest BCUT2D eigenvalue weighted by Crippen LogP contribution is -2.30. The molecular weight excluding hydrogens is 456 g/mol. The zero-order chi connectivity index (χ0) is 24.1. The van der Waals surface area contributed by atoms with E-state index in [-0.39, 0.29) is 5.92 Å². The summed E-state index contributed by atoms with van der Waals surface area (Å²) in [5, 5.41) is 0.584. The van der Waals surface area contributed by atoms with Crippen LogP contribution in [0.25, 0.3) is 33.7 Å². The fourth-order valence-corrected chi connectivity index (χ4v) is 5.50. The maximum absolute atomic E-state index is 12.6. The maximum Gasteiger partial charge on any atom is 0.225 e. The number of carbonyl (C=O) groups is 1. The second-order valence-electron chi connectivity index (χ2n) is 10.2. The molecule has 1 saturated heterocycles. The van der Waals surface area contributed by atoms with Crippen molar-refractivity contribution < 1.29 is 4.79 Å². The van der Waals surface area contributed by atoms with Gasteiger partial charge in [-0.15, -0.1) is 0 Å². The Hall–Kier alpha value is -3.18. The molecule has 0 N–H and O–H groups in total. The molecule has 0 radical (unpaired) electrons. The molecule has 2 aromatic heterocycles. The van der Waals surface area contributed by atoms with Crippen LogP contribution in [0.3, 0.4) is 0 Å². The fraction of sp³-hybridized carbons (Fsp3) is 0.345. The number of likely N-dealkylation sites (tertiary alicyclic amines) is 1. The van der Waals surface area contributed by atoms with Gasteiger partial charge in [0.25, 0.3) is 0 Å². The average Bonchev–Trinajstić information content (AvgIpc) is 3.50. The van der Waals surface area contributed by atoms with Crippen LogP contribution in [0.2, 0.25) is 5.02 Å². The number of pyridine rings is 1. The normalized spacial score (nSPS) is 17.9. The second kappa shape index (κ2) is 8.80. The number of imidazole rings is 1. The number of halogens is 1. The molecule has 1 aliphatic heterocycles. The molecule has 6 heteroatoms. The Balaban J connectivity index is 1.32. The number of benzene rings is 2. The Morgan fingerprint density at radius 3 is 2.54 bits per heavy atom. The van der Waals surface area contributed by atoms with Gasteiger partial charge < -0.3 is 9.47 Å². The molecule has 1 amide bonds. The molecule has 2 aliphatic rings. The SMILES string of the molecule is Cc1ccc(-c2ccc(-c3nc4cc(Cl)cnc4n3CC3CCN(C(=O)C4CC4)C3)cc2)c(C)c1. The summed E-state index contributed by atoms with van der Waals surface area (Å²) < 4.78 is 2.22. The maximum atomic E-state index is 12.6. The van der Waals surface area contributed by atoms with Gasteiger partial charge in [0.1, 0.15) is 11.3 Å². The first-order chi connectivity index (χ1) is 17.0. The number of fused-ring (bicyclic) bond motifs is 1. The zero-order valence-electron chi connectivity index (χ0n) is 20.2. The van der Waals surface area contributed by atoms with E-state index in [2.05, 4.69) is 70.8 Å². The van der Waals surface area contributed by atoms with Crippen molar-refractivity contribution in [3.8, 4) is 22.5 Å². The number of aryl methyl sites for hydroxylation is 2. The van der Waals surface area contributed by atoms with Crippen LogP contribution in [0.4, 0.5) is 0 Å². The van der Waals surface area contributed by atoms with Gasteiger partial charge in [-0.2, -0.15) is 0 Å². The van der Waals surface area contributed by atoms with E-state index in [1.807, 2.05) is 6.07 Å². The van der Waals surface area contributed by atoms with Gasteiger partial charge in [-0.3, -0.25) is 4.79 Å². The number of nitrogens with zero attached hydrogens (tertiary/aromatic N) is 4. The summed E-state index contributed by atoms with van der Waals surface area (Å²) in [6, 6.07) is 17.1. The molecule has 0 spiro atoms. The summed E-state index contributed by atoms with van der Waals surface area (Å²) >= 11 is 6.24. The minimum absolute atomic E-state index is 0.276. The van der Waals surface area contributed by atoms with Crippen molar-refractivity contribution >= 4 is 28.7 Å². The van der Waals surface area contributed by atoms with Crippen LogP contribution in [0.5, 0.6) is 0 Å². The molecule has 35 heavy (non-hydrogen) atoms. The fourth-order valence-electron chi connectivity index (χ4n) is 5.34. The standard InChI is InChI=1S/C29H29ClN4O/c1-18-3-10-25(19(2)13-18)21-4-6-22(7-5-21)27-32-26-14-24(30)15-31-28(26)34(27)17-20-11-12-33(16-20)29(35)23-8-9-23/h3-7,10,13-15,20,23H,8-9,11-12,16-17H2,1-2H3. The van der Waals surface area contributed by atoms with Gasteiger partial charge in [0.15, 0.2) is 5.65 Å². The molecule has 2 fully saturated rings. The lowest BCUT2D eigenvalue weighted by atomic mass is 9.98. The molecule has 2 aromatic carbocycles. The molecule has 3 heterocycles. The van der Waals surface area contributed by atoms with Gasteiger partial charge in [0.05, 0.1) is 5.02 Å². The third-order valence-corrected chi connectivity index (χ3v) is 7.56. The number of amides is 1. The van der Waals surface area contributed by atoms with E-state index in [0.717, 1.165) is 61.4 Å². The van der Waals surface area contributed by atoms with Gasteiger partial charge in [0, 0.05) is 37.3 Å². The molecule has 1 atom stereocenters. The molecule has 1 aliphatic carbocycles. The first-order valence-electron chi connectivity index (χ1n) is 12.4. The van der Waals surface area contributed by atoms with Crippen LogP contribution in [0.1, 0.15) is 30.4 Å². The highest BCUT2D eigenvalue weighted by Crippen LogP contribution is 2.34. The Morgan fingerprint density at radius 2 is 1.80 bits per heavy atom. The van der Waals surface area contributed by atoms with Crippen LogP contribution in [-0.4, -0.2) is 38.4 Å². The van der Waals surface area contributed by atoms with Crippen molar-refractivity contribution in [2.45, 2.75) is 39.7 Å². The average molecular weight is 485 g/mol. The Bertz CT molecular complexity index is 1420. The largest absolute Gasteiger partial charge is 0.342 e. The number of hydrogen-bond acceptors (Lipinski definition) is 3. The summed E-state index contributed by atoms with van der Waals surface area (Å²) in [6.45, 7) is 6.73. The van der Waals surface area contributed by atoms with Crippen molar-refractivity contribution in [3.63, 3.8) is 0 Å². The molecule has 6 rings (SSSR count). The van der Waals surface area contributed by atoms with E-state index in [1.165, 1.54) is 22.3 Å². The topological polar surface area (TPSA) is 51.0 Å². The molecule has 5 nitrogen and oxygen atoms in total. The zero-order valence-corrected chi connectivity index (χ0v) is 20.9. The summed E-state index contributed by atoms with van der Waals surface area (Å²) in [7, 11) is 0. The van der Waals surface area contributed by atoms with Gasteiger partial charge in [-0.05, 0) is 61.8 Å². The Morgan fingerprint density at radius 1 is 1.03 bits per heavy atom. The number of rotatable bonds is 5. The first-order valence-corrected chi connectivity index (χ1v) is 12.8. The van der Waals surface area contributed by atoms with Crippen LogP contribution in [-0.2, 0) is 11.3 Å². The number of carbonyl (C=O) groups excluding carboxylic acids is 1. The van der Waals surface area contributed by atoms with Gasteiger partial charge >= 0.3 is 0 Å².